The van der Waals surface area contributed by atoms with Crippen molar-refractivity contribution in [1.29, 1.82) is 0 Å². The average molecular weight is 264 g/mol. The van der Waals surface area contributed by atoms with Gasteiger partial charge in [-0.25, -0.2) is 0 Å². The topological polar surface area (TPSA) is 28.4 Å². The van der Waals surface area contributed by atoms with Gasteiger partial charge in [0.15, 0.2) is 0 Å². The van der Waals surface area contributed by atoms with Crippen LogP contribution in [0.15, 0.2) is 16.5 Å². The van der Waals surface area contributed by atoms with Crippen LogP contribution < -0.4 is 5.32 Å². The van der Waals surface area contributed by atoms with Gasteiger partial charge in [0.1, 0.15) is 11.5 Å². The molecule has 1 fully saturated rings. The van der Waals surface area contributed by atoms with Gasteiger partial charge in [-0.05, 0) is 37.4 Å². The van der Waals surface area contributed by atoms with E-state index in [-0.39, 0.29) is 0 Å². The van der Waals surface area contributed by atoms with Crippen molar-refractivity contribution >= 4 is 0 Å². The van der Waals surface area contributed by atoms with Crippen LogP contribution >= 0.6 is 0 Å². The zero-order chi connectivity index (χ0) is 13.8. The molecule has 2 rings (SSSR count). The third-order valence-electron chi connectivity index (χ3n) is 3.94. The Bertz CT molecular complexity index is 384. The quantitative estimate of drug-likeness (QED) is 0.853. The van der Waals surface area contributed by atoms with Gasteiger partial charge in [-0.1, -0.05) is 27.7 Å². The second-order valence-corrected chi connectivity index (χ2v) is 6.33. The maximum Gasteiger partial charge on any atom is 0.118 e. The van der Waals surface area contributed by atoms with E-state index >= 15 is 0 Å². The third-order valence-corrected chi connectivity index (χ3v) is 3.94. The highest BCUT2D eigenvalue weighted by atomic mass is 16.3. The molecule has 1 N–H and O–H groups in total. The van der Waals surface area contributed by atoms with Crippen LogP contribution in [0, 0.1) is 5.92 Å². The van der Waals surface area contributed by atoms with Crippen LogP contribution in [-0.4, -0.2) is 23.5 Å². The van der Waals surface area contributed by atoms with E-state index in [1.165, 1.54) is 19.4 Å². The van der Waals surface area contributed by atoms with E-state index in [0.29, 0.717) is 6.04 Å². The van der Waals surface area contributed by atoms with Gasteiger partial charge in [0.25, 0.3) is 0 Å². The number of likely N-dealkylation sites (tertiary alicyclic amines) is 1. The Hall–Kier alpha value is -0.800. The molecule has 1 aromatic rings. The molecule has 0 aromatic carbocycles. The van der Waals surface area contributed by atoms with Crippen molar-refractivity contribution in [2.45, 2.75) is 65.7 Å². The van der Waals surface area contributed by atoms with Gasteiger partial charge in [-0.15, -0.1) is 0 Å². The number of nitrogens with zero attached hydrogens (tertiary/aromatic N) is 1. The molecule has 2 heterocycles. The van der Waals surface area contributed by atoms with Crippen molar-refractivity contribution in [2.24, 2.45) is 5.92 Å². The lowest BCUT2D eigenvalue weighted by molar-refractivity contribution is 0.183. The molecule has 0 amide bonds. The van der Waals surface area contributed by atoms with Crippen LogP contribution in [0.2, 0.25) is 0 Å². The van der Waals surface area contributed by atoms with Crippen LogP contribution in [-0.2, 0) is 13.1 Å². The zero-order valence-electron chi connectivity index (χ0n) is 12.8. The van der Waals surface area contributed by atoms with E-state index in [1.807, 2.05) is 0 Å². The summed E-state index contributed by atoms with van der Waals surface area (Å²) >= 11 is 0. The molecule has 108 valence electrons. The van der Waals surface area contributed by atoms with Gasteiger partial charge < -0.3 is 9.73 Å². The number of hydrogen-bond donors (Lipinski definition) is 1. The normalized spacial score (nSPS) is 20.8. The first-order valence-electron chi connectivity index (χ1n) is 7.61. The fraction of sp³-hybridized carbons (Fsp3) is 0.750. The first-order valence-corrected chi connectivity index (χ1v) is 7.61. The third kappa shape index (κ3) is 4.08. The lowest BCUT2D eigenvalue weighted by Gasteiger charge is -2.26. The summed E-state index contributed by atoms with van der Waals surface area (Å²) in [5.74, 6) is 2.89. The predicted octanol–water partition coefficient (Wildman–Crippen LogP) is 3.40. The molecular formula is C16H28N2O. The first kappa shape index (κ1) is 14.6. The number of hydrogen-bond acceptors (Lipinski definition) is 3. The summed E-state index contributed by atoms with van der Waals surface area (Å²) in [5.41, 5.74) is 0. The van der Waals surface area contributed by atoms with Crippen molar-refractivity contribution in [3.05, 3.63) is 23.7 Å². The van der Waals surface area contributed by atoms with Crippen LogP contribution in [0.25, 0.3) is 0 Å². The van der Waals surface area contributed by atoms with E-state index in [9.17, 15) is 0 Å². The molecule has 0 spiro atoms. The molecule has 0 radical (unpaired) electrons. The molecule has 1 unspecified atom stereocenters. The summed E-state index contributed by atoms with van der Waals surface area (Å²) in [6.45, 7) is 12.0. The summed E-state index contributed by atoms with van der Waals surface area (Å²) in [6.07, 6.45) is 2.66. The molecule has 1 saturated heterocycles. The molecule has 0 saturated carbocycles. The molecule has 3 nitrogen and oxygen atoms in total. The summed E-state index contributed by atoms with van der Waals surface area (Å²) in [6, 6.07) is 5.46. The zero-order valence-corrected chi connectivity index (χ0v) is 12.8. The molecule has 0 aliphatic carbocycles. The number of nitrogens with one attached hydrogen (secondary N) is 1. The van der Waals surface area contributed by atoms with Crippen molar-refractivity contribution < 1.29 is 4.42 Å². The van der Waals surface area contributed by atoms with Crippen LogP contribution in [0.3, 0.4) is 0 Å². The number of furan rings is 1. The monoisotopic (exact) mass is 264 g/mol. The minimum atomic E-state index is 0.498. The van der Waals surface area contributed by atoms with Crippen molar-refractivity contribution in [2.75, 3.05) is 6.54 Å². The van der Waals surface area contributed by atoms with E-state index in [0.717, 1.165) is 36.6 Å². The molecule has 3 heteroatoms. The van der Waals surface area contributed by atoms with E-state index in [4.69, 9.17) is 4.42 Å². The molecule has 19 heavy (non-hydrogen) atoms. The minimum absolute atomic E-state index is 0.498. The highest BCUT2D eigenvalue weighted by Crippen LogP contribution is 2.25. The Morgan fingerprint density at radius 2 is 2.00 bits per heavy atom. The lowest BCUT2D eigenvalue weighted by atomic mass is 10.0. The maximum atomic E-state index is 5.92. The Labute approximate surface area is 117 Å². The Morgan fingerprint density at radius 1 is 1.26 bits per heavy atom. The standard InChI is InChI=1S/C16H28N2O/c1-12(2)16-6-5-9-18(16)11-15-8-7-14(19-15)10-17-13(3)4/h7-8,12-13,16-17H,5-6,9-11H2,1-4H3. The van der Waals surface area contributed by atoms with Crippen LogP contribution in [0.4, 0.5) is 0 Å². The summed E-state index contributed by atoms with van der Waals surface area (Å²) in [5, 5.41) is 3.39. The average Bonchev–Trinajstić information content (AvgIpc) is 2.96. The molecule has 1 atom stereocenters. The second-order valence-electron chi connectivity index (χ2n) is 6.33. The van der Waals surface area contributed by atoms with Gasteiger partial charge in [0.05, 0.1) is 13.1 Å². The summed E-state index contributed by atoms with van der Waals surface area (Å²) in [7, 11) is 0. The van der Waals surface area contributed by atoms with Crippen molar-refractivity contribution in [3.63, 3.8) is 0 Å². The minimum Gasteiger partial charge on any atom is -0.463 e. The maximum absolute atomic E-state index is 5.92. The van der Waals surface area contributed by atoms with Gasteiger partial charge >= 0.3 is 0 Å². The van der Waals surface area contributed by atoms with E-state index in [1.54, 1.807) is 0 Å². The molecule has 1 aromatic heterocycles. The van der Waals surface area contributed by atoms with Gasteiger partial charge in [0.2, 0.25) is 0 Å². The van der Waals surface area contributed by atoms with Crippen LogP contribution in [0.5, 0.6) is 0 Å². The highest BCUT2D eigenvalue weighted by molar-refractivity contribution is 5.07. The Balaban J connectivity index is 1.89. The Morgan fingerprint density at radius 3 is 2.68 bits per heavy atom. The van der Waals surface area contributed by atoms with Gasteiger partial charge in [-0.2, -0.15) is 0 Å². The van der Waals surface area contributed by atoms with Gasteiger partial charge in [-0.3, -0.25) is 4.90 Å². The molecule has 1 aliphatic rings. The summed E-state index contributed by atoms with van der Waals surface area (Å²) < 4.78 is 5.92. The Kier molecular flexibility index (Phi) is 5.06. The highest BCUT2D eigenvalue weighted by Gasteiger charge is 2.27. The SMILES string of the molecule is CC(C)NCc1ccc(CN2CCCC2C(C)C)o1. The lowest BCUT2D eigenvalue weighted by Crippen LogP contribution is -2.32. The van der Waals surface area contributed by atoms with Crippen molar-refractivity contribution in [3.8, 4) is 0 Å². The summed E-state index contributed by atoms with van der Waals surface area (Å²) in [4.78, 5) is 2.57. The molecule has 0 bridgehead atoms. The molecule has 1 aliphatic heterocycles. The second kappa shape index (κ2) is 6.58. The number of rotatable bonds is 6. The smallest absolute Gasteiger partial charge is 0.118 e. The van der Waals surface area contributed by atoms with E-state index < -0.39 is 0 Å². The fourth-order valence-electron chi connectivity index (χ4n) is 2.91. The molecular weight excluding hydrogens is 236 g/mol. The van der Waals surface area contributed by atoms with E-state index in [2.05, 4.69) is 50.0 Å². The predicted molar refractivity (Wildman–Crippen MR) is 79.0 cm³/mol. The largest absolute Gasteiger partial charge is 0.463 e. The van der Waals surface area contributed by atoms with Gasteiger partial charge in [0, 0.05) is 12.1 Å². The van der Waals surface area contributed by atoms with Crippen molar-refractivity contribution in [1.82, 2.24) is 10.2 Å². The first-order chi connectivity index (χ1) is 9.06. The fourth-order valence-corrected chi connectivity index (χ4v) is 2.91. The van der Waals surface area contributed by atoms with Crippen LogP contribution in [0.1, 0.15) is 52.1 Å².